The SMILES string of the molecule is Cc1c(Cl)cccc1NC(=O)CNC(=O)COC(=O)c1cc(F)cc(F)c1. The Hall–Kier alpha value is -3.00. The molecule has 0 fully saturated rings. The van der Waals surface area contributed by atoms with Gasteiger partial charge in [-0.05, 0) is 36.8 Å². The predicted molar refractivity (Wildman–Crippen MR) is 94.5 cm³/mol. The first-order valence-electron chi connectivity index (χ1n) is 7.71. The molecule has 0 aliphatic carbocycles. The Kier molecular flexibility index (Phi) is 6.84. The molecule has 0 bridgehead atoms. The van der Waals surface area contributed by atoms with E-state index >= 15 is 0 Å². The number of hydrogen-bond donors (Lipinski definition) is 2. The van der Waals surface area contributed by atoms with Crippen LogP contribution < -0.4 is 10.6 Å². The van der Waals surface area contributed by atoms with Crippen LogP contribution in [-0.2, 0) is 14.3 Å². The van der Waals surface area contributed by atoms with Gasteiger partial charge in [-0.25, -0.2) is 13.6 Å². The average Bonchev–Trinajstić information content (AvgIpc) is 2.61. The molecule has 142 valence electrons. The summed E-state index contributed by atoms with van der Waals surface area (Å²) in [6.07, 6.45) is 0. The quantitative estimate of drug-likeness (QED) is 0.735. The van der Waals surface area contributed by atoms with Crippen LogP contribution in [0.5, 0.6) is 0 Å². The van der Waals surface area contributed by atoms with E-state index in [0.717, 1.165) is 12.1 Å². The van der Waals surface area contributed by atoms with E-state index in [4.69, 9.17) is 11.6 Å². The highest BCUT2D eigenvalue weighted by atomic mass is 35.5. The second-order valence-corrected chi connectivity index (χ2v) is 5.88. The van der Waals surface area contributed by atoms with Crippen molar-refractivity contribution >= 4 is 35.1 Å². The van der Waals surface area contributed by atoms with Gasteiger partial charge in [0.25, 0.3) is 5.91 Å². The standard InChI is InChI=1S/C18H15ClF2N2O4/c1-10-14(19)3-2-4-15(10)23-16(24)8-22-17(25)9-27-18(26)11-5-12(20)7-13(21)6-11/h2-7H,8-9H2,1H3,(H,22,25)(H,23,24). The molecule has 27 heavy (non-hydrogen) atoms. The molecule has 0 heterocycles. The maximum atomic E-state index is 13.0. The van der Waals surface area contributed by atoms with Crippen LogP contribution in [0.4, 0.5) is 14.5 Å². The fraction of sp³-hybridized carbons (Fsp3) is 0.167. The van der Waals surface area contributed by atoms with Crippen molar-refractivity contribution in [2.24, 2.45) is 0 Å². The molecule has 0 aromatic heterocycles. The molecule has 2 N–H and O–H groups in total. The normalized spacial score (nSPS) is 10.2. The van der Waals surface area contributed by atoms with Crippen molar-refractivity contribution in [2.75, 3.05) is 18.5 Å². The van der Waals surface area contributed by atoms with Gasteiger partial charge in [0, 0.05) is 16.8 Å². The number of rotatable bonds is 6. The van der Waals surface area contributed by atoms with Crippen LogP contribution >= 0.6 is 11.6 Å². The van der Waals surface area contributed by atoms with Crippen LogP contribution in [0.1, 0.15) is 15.9 Å². The first-order valence-corrected chi connectivity index (χ1v) is 8.09. The highest BCUT2D eigenvalue weighted by Gasteiger charge is 2.14. The summed E-state index contributed by atoms with van der Waals surface area (Å²) in [5.41, 5.74) is 0.811. The first-order chi connectivity index (χ1) is 12.8. The molecule has 6 nitrogen and oxygen atoms in total. The minimum absolute atomic E-state index is 0.364. The Morgan fingerprint density at radius 2 is 1.74 bits per heavy atom. The van der Waals surface area contributed by atoms with Crippen LogP contribution in [0.15, 0.2) is 36.4 Å². The minimum atomic E-state index is -1.07. The fourth-order valence-corrected chi connectivity index (χ4v) is 2.23. The summed E-state index contributed by atoms with van der Waals surface area (Å²) in [5, 5.41) is 5.32. The zero-order valence-electron chi connectivity index (χ0n) is 14.1. The van der Waals surface area contributed by atoms with Crippen molar-refractivity contribution in [2.45, 2.75) is 6.92 Å². The van der Waals surface area contributed by atoms with Gasteiger partial charge in [0.2, 0.25) is 5.91 Å². The number of hydrogen-bond acceptors (Lipinski definition) is 4. The van der Waals surface area contributed by atoms with Crippen LogP contribution in [0.2, 0.25) is 5.02 Å². The number of carbonyl (C=O) groups is 3. The molecule has 0 atom stereocenters. The van der Waals surface area contributed by atoms with E-state index in [-0.39, 0.29) is 12.1 Å². The number of halogens is 3. The number of carbonyl (C=O) groups excluding carboxylic acids is 3. The lowest BCUT2D eigenvalue weighted by Crippen LogP contribution is -2.35. The van der Waals surface area contributed by atoms with Crippen molar-refractivity contribution < 1.29 is 27.9 Å². The van der Waals surface area contributed by atoms with Gasteiger partial charge in [-0.15, -0.1) is 0 Å². The molecule has 9 heteroatoms. The lowest BCUT2D eigenvalue weighted by molar-refractivity contribution is -0.126. The maximum Gasteiger partial charge on any atom is 0.338 e. The van der Waals surface area contributed by atoms with Gasteiger partial charge < -0.3 is 15.4 Å². The largest absolute Gasteiger partial charge is 0.452 e. The Morgan fingerprint density at radius 1 is 1.07 bits per heavy atom. The molecule has 0 spiro atoms. The van der Waals surface area contributed by atoms with E-state index in [1.807, 2.05) is 0 Å². The molecule has 0 saturated carbocycles. The maximum absolute atomic E-state index is 13.0. The van der Waals surface area contributed by atoms with Crippen LogP contribution in [-0.4, -0.2) is 30.9 Å². The zero-order chi connectivity index (χ0) is 20.0. The topological polar surface area (TPSA) is 84.5 Å². The minimum Gasteiger partial charge on any atom is -0.452 e. The summed E-state index contributed by atoms with van der Waals surface area (Å²) in [6, 6.07) is 7.16. The van der Waals surface area contributed by atoms with Gasteiger partial charge in [0.15, 0.2) is 6.61 Å². The van der Waals surface area contributed by atoms with Crippen molar-refractivity contribution in [3.8, 4) is 0 Å². The number of benzene rings is 2. The number of ether oxygens (including phenoxy) is 1. The van der Waals surface area contributed by atoms with E-state index in [2.05, 4.69) is 15.4 Å². The predicted octanol–water partition coefficient (Wildman–Crippen LogP) is 2.84. The van der Waals surface area contributed by atoms with Crippen LogP contribution in [0, 0.1) is 18.6 Å². The summed E-state index contributed by atoms with van der Waals surface area (Å²) in [7, 11) is 0. The van der Waals surface area contributed by atoms with E-state index in [1.54, 1.807) is 25.1 Å². The summed E-state index contributed by atoms with van der Waals surface area (Å²) >= 11 is 5.95. The second-order valence-electron chi connectivity index (χ2n) is 5.47. The van der Waals surface area contributed by atoms with Crippen molar-refractivity contribution in [3.63, 3.8) is 0 Å². The Morgan fingerprint density at radius 3 is 2.41 bits per heavy atom. The Balaban J connectivity index is 1.79. The van der Waals surface area contributed by atoms with Crippen molar-refractivity contribution in [1.29, 1.82) is 0 Å². The molecule has 0 aliphatic heterocycles. The summed E-state index contributed by atoms with van der Waals surface area (Å²) in [4.78, 5) is 35.2. The van der Waals surface area contributed by atoms with Crippen molar-refractivity contribution in [3.05, 3.63) is 64.2 Å². The number of anilines is 1. The molecule has 2 rings (SSSR count). The van der Waals surface area contributed by atoms with Gasteiger partial charge in [-0.3, -0.25) is 9.59 Å². The summed E-state index contributed by atoms with van der Waals surface area (Å²) in [5.74, 6) is -4.22. The molecule has 2 aromatic rings. The lowest BCUT2D eigenvalue weighted by atomic mass is 10.2. The highest BCUT2D eigenvalue weighted by molar-refractivity contribution is 6.31. The molecule has 2 amide bonds. The molecule has 0 radical (unpaired) electrons. The van der Waals surface area contributed by atoms with Gasteiger partial charge in [-0.1, -0.05) is 17.7 Å². The van der Waals surface area contributed by atoms with E-state index in [1.165, 1.54) is 0 Å². The molecule has 0 aliphatic rings. The fourth-order valence-electron chi connectivity index (χ4n) is 2.05. The molecular formula is C18H15ClF2N2O4. The zero-order valence-corrected chi connectivity index (χ0v) is 14.9. The lowest BCUT2D eigenvalue weighted by Gasteiger charge is -2.10. The van der Waals surface area contributed by atoms with Crippen LogP contribution in [0.3, 0.4) is 0 Å². The Bertz CT molecular complexity index is 869. The molecule has 0 unspecified atom stereocenters. The molecule has 0 saturated heterocycles. The van der Waals surface area contributed by atoms with Crippen molar-refractivity contribution in [1.82, 2.24) is 5.32 Å². The third kappa shape index (κ3) is 6.03. The third-order valence-electron chi connectivity index (χ3n) is 3.42. The van der Waals surface area contributed by atoms with Gasteiger partial charge >= 0.3 is 5.97 Å². The molecular weight excluding hydrogens is 382 g/mol. The number of esters is 1. The van der Waals surface area contributed by atoms with Gasteiger partial charge in [0.05, 0.1) is 12.1 Å². The third-order valence-corrected chi connectivity index (χ3v) is 3.83. The van der Waals surface area contributed by atoms with E-state index < -0.39 is 36.0 Å². The molecule has 2 aromatic carbocycles. The number of nitrogens with one attached hydrogen (secondary N) is 2. The van der Waals surface area contributed by atoms with Gasteiger partial charge in [-0.2, -0.15) is 0 Å². The average molecular weight is 397 g/mol. The van der Waals surface area contributed by atoms with E-state index in [0.29, 0.717) is 22.3 Å². The number of amides is 2. The smallest absolute Gasteiger partial charge is 0.338 e. The summed E-state index contributed by atoms with van der Waals surface area (Å²) in [6.45, 7) is 0.655. The van der Waals surface area contributed by atoms with Crippen LogP contribution in [0.25, 0.3) is 0 Å². The monoisotopic (exact) mass is 396 g/mol. The first kappa shape index (κ1) is 20.3. The highest BCUT2D eigenvalue weighted by Crippen LogP contribution is 2.22. The summed E-state index contributed by atoms with van der Waals surface area (Å²) < 4.78 is 30.8. The van der Waals surface area contributed by atoms with Gasteiger partial charge in [0.1, 0.15) is 11.6 Å². The Labute approximate surface area is 158 Å². The van der Waals surface area contributed by atoms with E-state index in [9.17, 15) is 23.2 Å². The second kappa shape index (κ2) is 9.09.